The van der Waals surface area contributed by atoms with Gasteiger partial charge in [-0.2, -0.15) is 0 Å². The second-order valence-electron chi connectivity index (χ2n) is 14.7. The fourth-order valence-electron chi connectivity index (χ4n) is 5.83. The van der Waals surface area contributed by atoms with Crippen molar-refractivity contribution in [3.63, 3.8) is 0 Å². The van der Waals surface area contributed by atoms with Gasteiger partial charge in [0.1, 0.15) is 19.3 Å². The molecule has 0 rings (SSSR count). The van der Waals surface area contributed by atoms with Crippen molar-refractivity contribution in [3.8, 4) is 0 Å². The van der Waals surface area contributed by atoms with Crippen molar-refractivity contribution in [2.75, 3.05) is 72.5 Å². The molecular weight excluding hydrogens is 801 g/mol. The van der Waals surface area contributed by atoms with Gasteiger partial charge in [-0.1, -0.05) is 86.3 Å². The highest BCUT2D eigenvalue weighted by Gasteiger charge is 2.21. The van der Waals surface area contributed by atoms with Crippen LogP contribution < -0.4 is 27.0 Å². The Morgan fingerprint density at radius 3 is 1.37 bits per heavy atom. The third-order valence-corrected chi connectivity index (χ3v) is 9.74. The Hall–Kier alpha value is -3.28. The SMILES string of the molecule is NC(CCCCNC(=O)COCCOCCNC(=O)COCCOCCNC(=O)CC[C@H](NC(=O)CCCCCCCCCCCCCCCCC(=O)O)C(=O)O)C(=O)P. The van der Waals surface area contributed by atoms with E-state index >= 15 is 0 Å². The van der Waals surface area contributed by atoms with Crippen LogP contribution >= 0.6 is 9.24 Å². The van der Waals surface area contributed by atoms with E-state index < -0.39 is 24.0 Å². The van der Waals surface area contributed by atoms with E-state index in [4.69, 9.17) is 29.8 Å². The molecule has 0 aromatic carbocycles. The van der Waals surface area contributed by atoms with Crippen LogP contribution in [0.4, 0.5) is 0 Å². The first-order valence-corrected chi connectivity index (χ1v) is 22.4. The van der Waals surface area contributed by atoms with E-state index in [2.05, 4.69) is 30.5 Å². The molecule has 4 amide bonds. The van der Waals surface area contributed by atoms with E-state index in [0.717, 1.165) is 44.9 Å². The second-order valence-corrected chi connectivity index (χ2v) is 15.3. The minimum atomic E-state index is -1.18. The van der Waals surface area contributed by atoms with E-state index in [1.807, 2.05) is 0 Å². The van der Waals surface area contributed by atoms with Crippen LogP contribution in [-0.2, 0) is 52.5 Å². The normalized spacial score (nSPS) is 12.0. The van der Waals surface area contributed by atoms with Crippen molar-refractivity contribution >= 4 is 50.3 Å². The molecule has 0 saturated heterocycles. The van der Waals surface area contributed by atoms with Gasteiger partial charge in [0.2, 0.25) is 23.6 Å². The fourth-order valence-corrected chi connectivity index (χ4v) is 5.99. The zero-order valence-corrected chi connectivity index (χ0v) is 37.0. The lowest BCUT2D eigenvalue weighted by molar-refractivity contribution is -0.142. The maximum atomic E-state index is 12.3. The minimum Gasteiger partial charge on any atom is -0.481 e. The van der Waals surface area contributed by atoms with Crippen LogP contribution in [0.2, 0.25) is 0 Å². The first-order valence-electron chi connectivity index (χ1n) is 21.8. The number of carboxylic acid groups (broad SMARTS) is 2. The quantitative estimate of drug-likeness (QED) is 0.0343. The van der Waals surface area contributed by atoms with Gasteiger partial charge in [-0.25, -0.2) is 4.79 Å². The topological polar surface area (TPSA) is 271 Å². The number of hydrogen-bond donors (Lipinski definition) is 7. The molecule has 0 radical (unpaired) electrons. The molecule has 0 heterocycles. The summed E-state index contributed by atoms with van der Waals surface area (Å²) in [7, 11) is 2.07. The van der Waals surface area contributed by atoms with Crippen molar-refractivity contribution in [3.05, 3.63) is 0 Å². The highest BCUT2D eigenvalue weighted by Crippen LogP contribution is 2.14. The molecule has 8 N–H and O–H groups in total. The largest absolute Gasteiger partial charge is 0.481 e. The summed E-state index contributed by atoms with van der Waals surface area (Å²) in [5, 5.41) is 28.7. The molecule has 0 aliphatic heterocycles. The molecule has 0 aliphatic carbocycles. The van der Waals surface area contributed by atoms with Gasteiger partial charge in [0.05, 0.1) is 45.7 Å². The number of amides is 4. The monoisotopic (exact) mass is 878 g/mol. The number of ether oxygens (including phenoxy) is 4. The van der Waals surface area contributed by atoms with Crippen LogP contribution in [0.5, 0.6) is 0 Å². The molecule has 0 bridgehead atoms. The Balaban J connectivity index is 3.65. The second kappa shape index (κ2) is 41.1. The maximum absolute atomic E-state index is 12.3. The standard InChI is InChI=1S/C41H76N5O13P/c42-33(41(55)60)17-15-16-22-43-37(49)31-58-29-28-57-26-24-45-38(50)32-59-30-27-56-25-23-44-35(47)21-20-34(40(53)54)46-36(48)18-13-11-9-7-5-3-1-2-4-6-8-10-12-14-19-39(51)52/h33-34H,1-32,42,60H2,(H,43,49)(H,44,47)(H,45,50)(H,46,48)(H,51,52)(H,53,54)/t33?,34-/m0/s1. The van der Waals surface area contributed by atoms with Gasteiger partial charge in [0.15, 0.2) is 5.52 Å². The Bertz CT molecular complexity index is 1180. The number of unbranched alkanes of at least 4 members (excludes halogenated alkanes) is 14. The molecule has 60 heavy (non-hydrogen) atoms. The molecule has 19 heteroatoms. The van der Waals surface area contributed by atoms with Gasteiger partial charge in [-0.05, 0) is 38.5 Å². The summed E-state index contributed by atoms with van der Waals surface area (Å²) in [6.45, 7) is 2.01. The van der Waals surface area contributed by atoms with Crippen molar-refractivity contribution < 1.29 is 62.7 Å². The van der Waals surface area contributed by atoms with E-state index in [1.165, 1.54) is 44.9 Å². The lowest BCUT2D eigenvalue weighted by Gasteiger charge is -2.14. The van der Waals surface area contributed by atoms with Crippen molar-refractivity contribution in [1.29, 1.82) is 0 Å². The number of hydrogen-bond acceptors (Lipinski definition) is 12. The molecule has 0 aromatic heterocycles. The Morgan fingerprint density at radius 1 is 0.467 bits per heavy atom. The van der Waals surface area contributed by atoms with E-state index in [-0.39, 0.29) is 121 Å². The van der Waals surface area contributed by atoms with Gasteiger partial charge >= 0.3 is 11.9 Å². The van der Waals surface area contributed by atoms with Crippen LogP contribution in [0.15, 0.2) is 0 Å². The smallest absolute Gasteiger partial charge is 0.326 e. The molecule has 0 fully saturated rings. The summed E-state index contributed by atoms with van der Waals surface area (Å²) in [6.07, 6.45) is 17.5. The zero-order chi connectivity index (χ0) is 44.5. The molecule has 2 unspecified atom stereocenters. The summed E-state index contributed by atoms with van der Waals surface area (Å²) in [5.41, 5.74) is 5.52. The molecular formula is C41H76N5O13P. The van der Waals surface area contributed by atoms with E-state index in [9.17, 15) is 38.7 Å². The zero-order valence-electron chi connectivity index (χ0n) is 35.8. The summed E-state index contributed by atoms with van der Waals surface area (Å²) in [5.74, 6) is -3.15. The Kier molecular flexibility index (Phi) is 38.8. The average Bonchev–Trinajstić information content (AvgIpc) is 3.20. The number of carbonyl (C=O) groups is 7. The lowest BCUT2D eigenvalue weighted by atomic mass is 10.0. The first-order chi connectivity index (χ1) is 28.9. The Labute approximate surface area is 358 Å². The predicted octanol–water partition coefficient (Wildman–Crippen LogP) is 2.98. The van der Waals surface area contributed by atoms with Crippen LogP contribution in [-0.4, -0.2) is 136 Å². The van der Waals surface area contributed by atoms with Gasteiger partial charge in [0.25, 0.3) is 0 Å². The molecule has 0 spiro atoms. The van der Waals surface area contributed by atoms with Gasteiger partial charge < -0.3 is 56.2 Å². The average molecular weight is 878 g/mol. The van der Waals surface area contributed by atoms with E-state index in [1.54, 1.807) is 0 Å². The van der Waals surface area contributed by atoms with Gasteiger partial charge in [0, 0.05) is 38.9 Å². The van der Waals surface area contributed by atoms with E-state index in [0.29, 0.717) is 25.8 Å². The number of carboxylic acids is 2. The number of aliphatic carboxylic acids is 2. The van der Waals surface area contributed by atoms with Gasteiger partial charge in [-0.15, -0.1) is 0 Å². The fraction of sp³-hybridized carbons (Fsp3) is 0.829. The third kappa shape index (κ3) is 40.1. The van der Waals surface area contributed by atoms with Crippen LogP contribution in [0.25, 0.3) is 0 Å². The van der Waals surface area contributed by atoms with Crippen LogP contribution in [0.1, 0.15) is 135 Å². The third-order valence-electron chi connectivity index (χ3n) is 9.31. The highest BCUT2D eigenvalue weighted by molar-refractivity contribution is 7.40. The molecule has 0 aromatic rings. The van der Waals surface area contributed by atoms with Crippen molar-refractivity contribution in [1.82, 2.24) is 21.3 Å². The Morgan fingerprint density at radius 2 is 0.900 bits per heavy atom. The number of rotatable bonds is 44. The molecule has 0 saturated carbocycles. The number of nitrogens with one attached hydrogen (secondary N) is 4. The number of nitrogens with two attached hydrogens (primary N) is 1. The summed E-state index contributed by atoms with van der Waals surface area (Å²) >= 11 is 0. The predicted molar refractivity (Wildman–Crippen MR) is 229 cm³/mol. The van der Waals surface area contributed by atoms with Crippen LogP contribution in [0, 0.1) is 0 Å². The molecule has 348 valence electrons. The van der Waals surface area contributed by atoms with Gasteiger partial charge in [-0.3, -0.25) is 28.8 Å². The minimum absolute atomic E-state index is 0.0275. The molecule has 18 nitrogen and oxygen atoms in total. The number of carbonyl (C=O) groups excluding carboxylic acids is 5. The van der Waals surface area contributed by atoms with Crippen molar-refractivity contribution in [2.24, 2.45) is 5.73 Å². The summed E-state index contributed by atoms with van der Waals surface area (Å²) < 4.78 is 21.3. The lowest BCUT2D eigenvalue weighted by Crippen LogP contribution is -2.41. The summed E-state index contributed by atoms with van der Waals surface area (Å²) in [4.78, 5) is 81.4. The first kappa shape index (κ1) is 56.7. The summed E-state index contributed by atoms with van der Waals surface area (Å²) in [6, 6.07) is -1.63. The maximum Gasteiger partial charge on any atom is 0.326 e. The van der Waals surface area contributed by atoms with Crippen LogP contribution in [0.3, 0.4) is 0 Å². The molecule has 3 atom stereocenters. The van der Waals surface area contributed by atoms with Crippen molar-refractivity contribution in [2.45, 2.75) is 147 Å². The highest BCUT2D eigenvalue weighted by atomic mass is 31.0. The molecule has 0 aliphatic rings.